The molecule has 11 heteroatoms. The number of halogens is 3. The van der Waals surface area contributed by atoms with Gasteiger partial charge in [0.15, 0.2) is 6.61 Å². The van der Waals surface area contributed by atoms with Gasteiger partial charge in [-0.05, 0) is 12.1 Å². The Bertz CT molecular complexity index is 586. The third-order valence-electron chi connectivity index (χ3n) is 1.71. The number of aliphatic carboxylic acids is 1. The number of hydrogen-bond acceptors (Lipinski definition) is 5. The van der Waals surface area contributed by atoms with Crippen molar-refractivity contribution in [3.05, 3.63) is 24.3 Å². The lowest BCUT2D eigenvalue weighted by molar-refractivity contribution is -0.274. The molecule has 1 aromatic carbocycles. The van der Waals surface area contributed by atoms with Crippen molar-refractivity contribution in [2.75, 3.05) is 6.61 Å². The van der Waals surface area contributed by atoms with Crippen molar-refractivity contribution >= 4 is 16.0 Å². The maximum Gasteiger partial charge on any atom is 0.573 e. The lowest BCUT2D eigenvalue weighted by Crippen LogP contribution is -2.27. The van der Waals surface area contributed by atoms with Gasteiger partial charge in [-0.3, -0.25) is 4.84 Å². The molecule has 0 atom stereocenters. The minimum atomic E-state index is -4.96. The van der Waals surface area contributed by atoms with Crippen LogP contribution in [0.4, 0.5) is 13.2 Å². The number of sulfonamides is 1. The number of hydrogen-bond donors (Lipinski definition) is 2. The van der Waals surface area contributed by atoms with Crippen molar-refractivity contribution in [1.29, 1.82) is 0 Å². The topological polar surface area (TPSA) is 102 Å². The number of benzene rings is 1. The van der Waals surface area contributed by atoms with Crippen LogP contribution in [0.2, 0.25) is 0 Å². The van der Waals surface area contributed by atoms with E-state index in [2.05, 4.69) is 9.57 Å². The van der Waals surface area contributed by atoms with Crippen LogP contribution < -0.4 is 9.62 Å². The summed E-state index contributed by atoms with van der Waals surface area (Å²) >= 11 is 0. The normalized spacial score (nSPS) is 12.2. The summed E-state index contributed by atoms with van der Waals surface area (Å²) in [5, 5.41) is 8.25. The number of carbonyl (C=O) groups is 1. The molecule has 0 amide bonds. The van der Waals surface area contributed by atoms with E-state index >= 15 is 0 Å². The zero-order chi connectivity index (χ0) is 15.4. The molecular weight excluding hydrogens is 307 g/mol. The lowest BCUT2D eigenvalue weighted by atomic mass is 10.3. The number of alkyl halides is 3. The molecule has 0 radical (unpaired) electrons. The SMILES string of the molecule is O=C(O)CONS(=O)(=O)c1cccc(OC(F)(F)F)c1. The zero-order valence-corrected chi connectivity index (χ0v) is 10.4. The third-order valence-corrected chi connectivity index (χ3v) is 2.93. The first kappa shape index (κ1) is 16.2. The highest BCUT2D eigenvalue weighted by atomic mass is 32.2. The Morgan fingerprint density at radius 3 is 2.55 bits per heavy atom. The van der Waals surface area contributed by atoms with Gasteiger partial charge < -0.3 is 9.84 Å². The van der Waals surface area contributed by atoms with Gasteiger partial charge in [-0.1, -0.05) is 11.0 Å². The molecule has 0 saturated carbocycles. The predicted molar refractivity (Wildman–Crippen MR) is 57.0 cm³/mol. The Labute approximate surface area is 110 Å². The van der Waals surface area contributed by atoms with E-state index in [-0.39, 0.29) is 0 Å². The van der Waals surface area contributed by atoms with E-state index in [0.29, 0.717) is 6.07 Å². The minimum Gasteiger partial charge on any atom is -0.479 e. The Morgan fingerprint density at radius 2 is 2.00 bits per heavy atom. The minimum absolute atomic E-state index is 0.579. The number of ether oxygens (including phenoxy) is 1. The molecule has 20 heavy (non-hydrogen) atoms. The number of carboxylic acid groups (broad SMARTS) is 1. The molecule has 0 heterocycles. The Balaban J connectivity index is 2.85. The van der Waals surface area contributed by atoms with Gasteiger partial charge in [-0.2, -0.15) is 0 Å². The summed E-state index contributed by atoms with van der Waals surface area (Å²) in [6.45, 7) is -0.946. The van der Waals surface area contributed by atoms with Crippen molar-refractivity contribution in [3.8, 4) is 5.75 Å². The van der Waals surface area contributed by atoms with Crippen molar-refractivity contribution in [3.63, 3.8) is 0 Å². The van der Waals surface area contributed by atoms with Crippen LogP contribution in [0.5, 0.6) is 5.75 Å². The maximum atomic E-state index is 12.0. The lowest BCUT2D eigenvalue weighted by Gasteiger charge is -2.10. The monoisotopic (exact) mass is 315 g/mol. The Kier molecular flexibility index (Phi) is 4.92. The molecule has 0 aliphatic rings. The molecule has 0 aliphatic heterocycles. The summed E-state index contributed by atoms with van der Waals surface area (Å²) in [6.07, 6.45) is -4.96. The molecule has 0 fully saturated rings. The molecule has 7 nitrogen and oxygen atoms in total. The fourth-order valence-electron chi connectivity index (χ4n) is 1.06. The smallest absolute Gasteiger partial charge is 0.479 e. The van der Waals surface area contributed by atoms with Crippen molar-refractivity contribution < 1.29 is 41.1 Å². The van der Waals surface area contributed by atoms with Crippen molar-refractivity contribution in [2.24, 2.45) is 0 Å². The highest BCUT2D eigenvalue weighted by Gasteiger charge is 2.31. The number of carboxylic acids is 1. The van der Waals surface area contributed by atoms with E-state index in [0.717, 1.165) is 18.2 Å². The second-order valence-corrected chi connectivity index (χ2v) is 4.94. The van der Waals surface area contributed by atoms with E-state index in [1.165, 1.54) is 4.89 Å². The van der Waals surface area contributed by atoms with Crippen LogP contribution in [0.3, 0.4) is 0 Å². The summed E-state index contributed by atoms with van der Waals surface area (Å²) < 4.78 is 62.6. The van der Waals surface area contributed by atoms with E-state index < -0.39 is 39.6 Å². The van der Waals surface area contributed by atoms with Gasteiger partial charge >= 0.3 is 12.3 Å². The quantitative estimate of drug-likeness (QED) is 0.756. The molecule has 1 rings (SSSR count). The molecule has 0 aromatic heterocycles. The molecule has 0 spiro atoms. The van der Waals surface area contributed by atoms with Crippen LogP contribution in [0, 0.1) is 0 Å². The number of rotatable bonds is 6. The first-order chi connectivity index (χ1) is 9.10. The maximum absolute atomic E-state index is 12.0. The van der Waals surface area contributed by atoms with Crippen LogP contribution >= 0.6 is 0 Å². The van der Waals surface area contributed by atoms with Crippen LogP contribution in [0.1, 0.15) is 0 Å². The second-order valence-electron chi connectivity index (χ2n) is 3.29. The van der Waals surface area contributed by atoms with E-state index in [1.54, 1.807) is 0 Å². The second kappa shape index (κ2) is 6.07. The van der Waals surface area contributed by atoms with Gasteiger partial charge in [-0.25, -0.2) is 13.2 Å². The van der Waals surface area contributed by atoms with Gasteiger partial charge in [0, 0.05) is 6.07 Å². The third kappa shape index (κ3) is 5.42. The molecule has 0 saturated heterocycles. The van der Waals surface area contributed by atoms with Crippen molar-refractivity contribution in [2.45, 2.75) is 11.3 Å². The van der Waals surface area contributed by atoms with Crippen LogP contribution in [0.25, 0.3) is 0 Å². The van der Waals surface area contributed by atoms with Gasteiger partial charge in [0.1, 0.15) is 5.75 Å². The van der Waals surface area contributed by atoms with Gasteiger partial charge in [0.25, 0.3) is 10.0 Å². The summed E-state index contributed by atoms with van der Waals surface area (Å²) in [5.74, 6) is -2.17. The molecule has 1 aromatic rings. The Morgan fingerprint density at radius 1 is 1.35 bits per heavy atom. The zero-order valence-electron chi connectivity index (χ0n) is 9.55. The predicted octanol–water partition coefficient (Wildman–Crippen LogP) is 0.880. The van der Waals surface area contributed by atoms with Crippen molar-refractivity contribution in [1.82, 2.24) is 4.89 Å². The number of nitrogens with one attached hydrogen (secondary N) is 1. The molecule has 112 valence electrons. The highest BCUT2D eigenvalue weighted by Crippen LogP contribution is 2.24. The molecular formula is C9H8F3NO6S. The Hall–Kier alpha value is -1.85. The van der Waals surface area contributed by atoms with Crippen LogP contribution in [-0.4, -0.2) is 32.5 Å². The first-order valence-electron chi connectivity index (χ1n) is 4.81. The summed E-state index contributed by atoms with van der Waals surface area (Å²) in [7, 11) is -4.32. The molecule has 0 aliphatic carbocycles. The summed E-state index contributed by atoms with van der Waals surface area (Å²) in [5.41, 5.74) is 0. The fraction of sp³-hybridized carbons (Fsp3) is 0.222. The van der Waals surface area contributed by atoms with E-state index in [4.69, 9.17) is 5.11 Å². The average Bonchev–Trinajstić information content (AvgIpc) is 2.26. The van der Waals surface area contributed by atoms with Gasteiger partial charge in [-0.15, -0.1) is 13.2 Å². The largest absolute Gasteiger partial charge is 0.573 e. The summed E-state index contributed by atoms with van der Waals surface area (Å²) in [4.78, 5) is 15.2. The standard InChI is InChI=1S/C9H8F3NO6S/c10-9(11,12)19-6-2-1-3-7(4-6)20(16,17)13-18-5-8(14)15/h1-4,13H,5H2,(H,14,15). The van der Waals surface area contributed by atoms with Crippen LogP contribution in [0.15, 0.2) is 29.2 Å². The first-order valence-corrected chi connectivity index (χ1v) is 6.30. The fourth-order valence-corrected chi connectivity index (χ4v) is 1.89. The average molecular weight is 315 g/mol. The molecule has 0 unspecified atom stereocenters. The summed E-state index contributed by atoms with van der Waals surface area (Å²) in [6, 6.07) is 3.52. The molecule has 0 bridgehead atoms. The molecule has 2 N–H and O–H groups in total. The highest BCUT2D eigenvalue weighted by molar-refractivity contribution is 7.89. The van der Waals surface area contributed by atoms with Gasteiger partial charge in [0.05, 0.1) is 4.90 Å². The van der Waals surface area contributed by atoms with E-state index in [1.807, 2.05) is 0 Å². The van der Waals surface area contributed by atoms with Crippen LogP contribution in [-0.2, 0) is 19.7 Å². The van der Waals surface area contributed by atoms with E-state index in [9.17, 15) is 26.4 Å². The van der Waals surface area contributed by atoms with Gasteiger partial charge in [0.2, 0.25) is 0 Å².